The van der Waals surface area contributed by atoms with Gasteiger partial charge in [0.2, 0.25) is 0 Å². The summed E-state index contributed by atoms with van der Waals surface area (Å²) < 4.78 is 5.18. The minimum absolute atomic E-state index is 0.375. The molecule has 0 bridgehead atoms. The normalized spacial score (nSPS) is 14.4. The molecule has 1 atom stereocenters. The SMILES string of the molecule is CCOCC(O)CN(C(C)C)C(C)C. The first-order valence-electron chi connectivity index (χ1n) is 5.50. The lowest BCUT2D eigenvalue weighted by Crippen LogP contribution is -2.43. The molecule has 0 spiro atoms. The van der Waals surface area contributed by atoms with Crippen molar-refractivity contribution in [3.8, 4) is 0 Å². The van der Waals surface area contributed by atoms with Crippen molar-refractivity contribution in [2.75, 3.05) is 19.8 Å². The van der Waals surface area contributed by atoms with Gasteiger partial charge < -0.3 is 9.84 Å². The third-order valence-corrected chi connectivity index (χ3v) is 2.26. The lowest BCUT2D eigenvalue weighted by atomic mass is 10.2. The fraction of sp³-hybridized carbons (Fsp3) is 1.00. The molecule has 0 saturated carbocycles. The smallest absolute Gasteiger partial charge is 0.0900 e. The van der Waals surface area contributed by atoms with Crippen molar-refractivity contribution in [2.24, 2.45) is 0 Å². The number of ether oxygens (including phenoxy) is 1. The number of rotatable bonds is 7. The Labute approximate surface area is 88.1 Å². The van der Waals surface area contributed by atoms with E-state index in [1.54, 1.807) is 0 Å². The molecule has 0 aromatic carbocycles. The Hall–Kier alpha value is -0.120. The van der Waals surface area contributed by atoms with Crippen LogP contribution >= 0.6 is 0 Å². The summed E-state index contributed by atoms with van der Waals surface area (Å²) in [6, 6.07) is 0.928. The second kappa shape index (κ2) is 7.21. The van der Waals surface area contributed by atoms with E-state index in [0.29, 0.717) is 31.8 Å². The summed E-state index contributed by atoms with van der Waals surface area (Å²) in [7, 11) is 0. The van der Waals surface area contributed by atoms with Crippen LogP contribution in [-0.2, 0) is 4.74 Å². The molecule has 0 radical (unpaired) electrons. The van der Waals surface area contributed by atoms with Crippen LogP contribution in [0.5, 0.6) is 0 Å². The van der Waals surface area contributed by atoms with Crippen molar-refractivity contribution in [2.45, 2.75) is 52.8 Å². The van der Waals surface area contributed by atoms with E-state index in [1.165, 1.54) is 0 Å². The van der Waals surface area contributed by atoms with E-state index in [1.807, 2.05) is 6.92 Å². The first-order valence-corrected chi connectivity index (χ1v) is 5.50. The van der Waals surface area contributed by atoms with Gasteiger partial charge in [-0.2, -0.15) is 0 Å². The Balaban J connectivity index is 3.90. The summed E-state index contributed by atoms with van der Waals surface area (Å²) in [6.07, 6.45) is -0.375. The Morgan fingerprint density at radius 2 is 1.64 bits per heavy atom. The zero-order chi connectivity index (χ0) is 11.1. The monoisotopic (exact) mass is 203 g/mol. The molecule has 0 amide bonds. The summed E-state index contributed by atoms with van der Waals surface area (Å²) in [6.45, 7) is 12.3. The van der Waals surface area contributed by atoms with E-state index in [0.717, 1.165) is 0 Å². The van der Waals surface area contributed by atoms with Gasteiger partial charge in [0.25, 0.3) is 0 Å². The van der Waals surface area contributed by atoms with Crippen LogP contribution < -0.4 is 0 Å². The minimum atomic E-state index is -0.375. The van der Waals surface area contributed by atoms with Crippen molar-refractivity contribution in [1.29, 1.82) is 0 Å². The summed E-state index contributed by atoms with van der Waals surface area (Å²) in [4.78, 5) is 2.27. The second-order valence-corrected chi connectivity index (χ2v) is 4.20. The van der Waals surface area contributed by atoms with E-state index >= 15 is 0 Å². The second-order valence-electron chi connectivity index (χ2n) is 4.20. The average Bonchev–Trinajstić information content (AvgIpc) is 2.09. The first-order chi connectivity index (χ1) is 6.49. The molecular weight excluding hydrogens is 178 g/mol. The van der Waals surface area contributed by atoms with Crippen molar-refractivity contribution in [3.05, 3.63) is 0 Å². The molecule has 0 heterocycles. The molecule has 1 unspecified atom stereocenters. The third-order valence-electron chi connectivity index (χ3n) is 2.26. The van der Waals surface area contributed by atoms with Crippen molar-refractivity contribution in [1.82, 2.24) is 4.90 Å². The van der Waals surface area contributed by atoms with Gasteiger partial charge in [-0.05, 0) is 34.6 Å². The Morgan fingerprint density at radius 3 is 2.00 bits per heavy atom. The highest BCUT2D eigenvalue weighted by Gasteiger charge is 2.17. The quantitative estimate of drug-likeness (QED) is 0.680. The zero-order valence-electron chi connectivity index (χ0n) is 10.2. The topological polar surface area (TPSA) is 32.7 Å². The van der Waals surface area contributed by atoms with E-state index < -0.39 is 0 Å². The molecule has 0 aliphatic carbocycles. The van der Waals surface area contributed by atoms with Gasteiger partial charge >= 0.3 is 0 Å². The fourth-order valence-electron chi connectivity index (χ4n) is 1.57. The Morgan fingerprint density at radius 1 is 1.14 bits per heavy atom. The van der Waals surface area contributed by atoms with E-state index in [2.05, 4.69) is 32.6 Å². The van der Waals surface area contributed by atoms with Crippen molar-refractivity contribution < 1.29 is 9.84 Å². The molecule has 3 nitrogen and oxygen atoms in total. The Bertz CT molecular complexity index is 129. The van der Waals surface area contributed by atoms with Crippen LogP contribution in [0.1, 0.15) is 34.6 Å². The molecule has 0 aromatic rings. The van der Waals surface area contributed by atoms with Crippen LogP contribution in [0.2, 0.25) is 0 Å². The van der Waals surface area contributed by atoms with Gasteiger partial charge in [-0.15, -0.1) is 0 Å². The van der Waals surface area contributed by atoms with Crippen LogP contribution in [0.25, 0.3) is 0 Å². The fourth-order valence-corrected chi connectivity index (χ4v) is 1.57. The first kappa shape index (κ1) is 13.9. The molecule has 0 fully saturated rings. The Kier molecular flexibility index (Phi) is 7.15. The molecular formula is C11H25NO2. The van der Waals surface area contributed by atoms with Crippen LogP contribution in [0.15, 0.2) is 0 Å². The number of hydrogen-bond donors (Lipinski definition) is 1. The number of nitrogens with zero attached hydrogens (tertiary/aromatic N) is 1. The molecule has 0 rings (SSSR count). The lowest BCUT2D eigenvalue weighted by Gasteiger charge is -2.32. The predicted octanol–water partition coefficient (Wildman–Crippen LogP) is 1.50. The molecule has 3 heteroatoms. The van der Waals surface area contributed by atoms with Crippen LogP contribution in [-0.4, -0.2) is 48.0 Å². The van der Waals surface area contributed by atoms with Crippen LogP contribution in [0, 0.1) is 0 Å². The van der Waals surface area contributed by atoms with Gasteiger partial charge in [-0.1, -0.05) is 0 Å². The van der Waals surface area contributed by atoms with Crippen molar-refractivity contribution in [3.63, 3.8) is 0 Å². The van der Waals surface area contributed by atoms with Gasteiger partial charge in [0.05, 0.1) is 12.7 Å². The van der Waals surface area contributed by atoms with Gasteiger partial charge in [-0.25, -0.2) is 0 Å². The van der Waals surface area contributed by atoms with Gasteiger partial charge in [0.15, 0.2) is 0 Å². The number of aliphatic hydroxyl groups is 1. The van der Waals surface area contributed by atoms with Crippen molar-refractivity contribution >= 4 is 0 Å². The summed E-state index contributed by atoms with van der Waals surface area (Å²) in [5, 5.41) is 9.68. The minimum Gasteiger partial charge on any atom is -0.389 e. The van der Waals surface area contributed by atoms with E-state index in [-0.39, 0.29) is 6.10 Å². The number of aliphatic hydroxyl groups excluding tert-OH is 1. The molecule has 0 aliphatic rings. The summed E-state index contributed by atoms with van der Waals surface area (Å²) in [5.74, 6) is 0. The lowest BCUT2D eigenvalue weighted by molar-refractivity contribution is 0.00781. The summed E-state index contributed by atoms with van der Waals surface area (Å²) >= 11 is 0. The van der Waals surface area contributed by atoms with Gasteiger partial charge in [0, 0.05) is 25.2 Å². The molecule has 0 saturated heterocycles. The molecule has 86 valence electrons. The highest BCUT2D eigenvalue weighted by atomic mass is 16.5. The van der Waals surface area contributed by atoms with Gasteiger partial charge in [0.1, 0.15) is 0 Å². The maximum atomic E-state index is 9.68. The number of hydrogen-bond acceptors (Lipinski definition) is 3. The predicted molar refractivity (Wildman–Crippen MR) is 59.5 cm³/mol. The van der Waals surface area contributed by atoms with Crippen LogP contribution in [0.4, 0.5) is 0 Å². The third kappa shape index (κ3) is 5.58. The standard InChI is InChI=1S/C11H25NO2/c1-6-14-8-11(13)7-12(9(2)3)10(4)5/h9-11,13H,6-8H2,1-5H3. The highest BCUT2D eigenvalue weighted by molar-refractivity contribution is 4.71. The zero-order valence-corrected chi connectivity index (χ0v) is 10.2. The highest BCUT2D eigenvalue weighted by Crippen LogP contribution is 2.06. The molecule has 0 aliphatic heterocycles. The summed E-state index contributed by atoms with van der Waals surface area (Å²) in [5.41, 5.74) is 0. The van der Waals surface area contributed by atoms with Crippen LogP contribution in [0.3, 0.4) is 0 Å². The maximum Gasteiger partial charge on any atom is 0.0900 e. The average molecular weight is 203 g/mol. The maximum absolute atomic E-state index is 9.68. The van der Waals surface area contributed by atoms with E-state index in [4.69, 9.17) is 4.74 Å². The van der Waals surface area contributed by atoms with E-state index in [9.17, 15) is 5.11 Å². The molecule has 14 heavy (non-hydrogen) atoms. The largest absolute Gasteiger partial charge is 0.389 e. The molecule has 0 aromatic heterocycles. The molecule has 1 N–H and O–H groups in total. The van der Waals surface area contributed by atoms with Gasteiger partial charge in [-0.3, -0.25) is 4.90 Å².